The number of amides is 3. The van der Waals surface area contributed by atoms with Crippen molar-refractivity contribution in [2.75, 3.05) is 25.6 Å². The molecule has 1 aliphatic heterocycles. The van der Waals surface area contributed by atoms with Crippen molar-refractivity contribution in [2.45, 2.75) is 6.18 Å². The van der Waals surface area contributed by atoms with Gasteiger partial charge in [-0.25, -0.2) is 0 Å². The number of hydrogen-bond acceptors (Lipinski definition) is 6. The number of nitrogens with one attached hydrogen (secondary N) is 1. The molecule has 1 N–H and O–H groups in total. The van der Waals surface area contributed by atoms with E-state index in [1.54, 1.807) is 0 Å². The molecular weight excluding hydrogens is 457 g/mol. The highest BCUT2D eigenvalue weighted by Crippen LogP contribution is 2.36. The van der Waals surface area contributed by atoms with Gasteiger partial charge in [0.25, 0.3) is 17.5 Å². The lowest BCUT2D eigenvalue weighted by Gasteiger charge is -2.22. The molecule has 2 aromatic rings. The van der Waals surface area contributed by atoms with Crippen LogP contribution in [0.15, 0.2) is 36.4 Å². The maximum absolute atomic E-state index is 13.0. The van der Waals surface area contributed by atoms with Crippen molar-refractivity contribution in [3.63, 3.8) is 0 Å². The number of nitro groups is 1. The first-order valence-electron chi connectivity index (χ1n) is 8.89. The predicted octanol–water partition coefficient (Wildman–Crippen LogP) is 3.39. The number of carbonyl (C=O) groups excluding carboxylic acids is 3. The Balaban J connectivity index is 1.68. The van der Waals surface area contributed by atoms with Gasteiger partial charge < -0.3 is 5.32 Å². The van der Waals surface area contributed by atoms with Gasteiger partial charge in [0.2, 0.25) is 5.91 Å². The Kier molecular flexibility index (Phi) is 6.19. The van der Waals surface area contributed by atoms with E-state index in [0.29, 0.717) is 6.07 Å². The largest absolute Gasteiger partial charge is 0.417 e. The first-order chi connectivity index (χ1) is 14.9. The fraction of sp³-hybridized carbons (Fsp3) is 0.211. The van der Waals surface area contributed by atoms with Gasteiger partial charge in [0.1, 0.15) is 5.56 Å². The Morgan fingerprint density at radius 3 is 2.53 bits per heavy atom. The number of nitro benzene ring substituents is 1. The van der Waals surface area contributed by atoms with Crippen LogP contribution in [0.1, 0.15) is 26.3 Å². The van der Waals surface area contributed by atoms with E-state index < -0.39 is 45.1 Å². The molecule has 2 aromatic carbocycles. The minimum atomic E-state index is -4.71. The molecule has 168 valence electrons. The number of rotatable bonds is 6. The van der Waals surface area contributed by atoms with Gasteiger partial charge in [-0.3, -0.25) is 34.3 Å². The molecule has 0 saturated carbocycles. The molecule has 0 radical (unpaired) electrons. The zero-order valence-corrected chi connectivity index (χ0v) is 17.0. The third kappa shape index (κ3) is 4.55. The number of fused-ring (bicyclic) bond motifs is 1. The molecular formula is C19H14ClF3N4O5. The molecule has 0 atom stereocenters. The number of nitrogens with zero attached hydrogens (tertiary/aromatic N) is 3. The summed E-state index contributed by atoms with van der Waals surface area (Å²) < 4.78 is 38.9. The van der Waals surface area contributed by atoms with Crippen LogP contribution in [0.3, 0.4) is 0 Å². The second-order valence-corrected chi connectivity index (χ2v) is 7.30. The van der Waals surface area contributed by atoms with Crippen LogP contribution in [-0.2, 0) is 11.0 Å². The monoisotopic (exact) mass is 470 g/mol. The molecule has 0 unspecified atom stereocenters. The number of imide groups is 1. The SMILES string of the molecule is CN(CC(=O)Nc1ccc(Cl)c(C(F)(F)F)c1)CN1C(=O)c2cccc([N+](=O)[O-])c2C1=O. The number of anilines is 1. The molecule has 0 spiro atoms. The zero-order valence-electron chi connectivity index (χ0n) is 16.3. The van der Waals surface area contributed by atoms with Crippen molar-refractivity contribution in [3.05, 3.63) is 68.2 Å². The van der Waals surface area contributed by atoms with Gasteiger partial charge in [-0.2, -0.15) is 13.2 Å². The first-order valence-corrected chi connectivity index (χ1v) is 9.26. The summed E-state index contributed by atoms with van der Waals surface area (Å²) in [6.07, 6.45) is -4.71. The van der Waals surface area contributed by atoms with Gasteiger partial charge >= 0.3 is 6.18 Å². The van der Waals surface area contributed by atoms with Crippen LogP contribution < -0.4 is 5.32 Å². The molecule has 9 nitrogen and oxygen atoms in total. The minimum Gasteiger partial charge on any atom is -0.325 e. The highest BCUT2D eigenvalue weighted by atomic mass is 35.5. The van der Waals surface area contributed by atoms with Crippen LogP contribution >= 0.6 is 11.6 Å². The smallest absolute Gasteiger partial charge is 0.325 e. The van der Waals surface area contributed by atoms with E-state index in [1.165, 1.54) is 30.1 Å². The van der Waals surface area contributed by atoms with Crippen LogP contribution in [-0.4, -0.2) is 52.7 Å². The average Bonchev–Trinajstić information content (AvgIpc) is 2.93. The number of hydrogen-bond donors (Lipinski definition) is 1. The molecule has 0 bridgehead atoms. The van der Waals surface area contributed by atoms with E-state index >= 15 is 0 Å². The Bertz CT molecular complexity index is 1140. The molecule has 3 amide bonds. The molecule has 0 saturated heterocycles. The molecule has 3 rings (SSSR count). The summed E-state index contributed by atoms with van der Waals surface area (Å²) >= 11 is 5.54. The van der Waals surface area contributed by atoms with E-state index in [-0.39, 0.29) is 30.0 Å². The predicted molar refractivity (Wildman–Crippen MR) is 106 cm³/mol. The summed E-state index contributed by atoms with van der Waals surface area (Å²) in [7, 11) is 1.39. The third-order valence-electron chi connectivity index (χ3n) is 4.53. The summed E-state index contributed by atoms with van der Waals surface area (Å²) in [5, 5.41) is 12.9. The van der Waals surface area contributed by atoms with Crippen LogP contribution in [0, 0.1) is 10.1 Å². The van der Waals surface area contributed by atoms with E-state index in [2.05, 4.69) is 5.32 Å². The summed E-state index contributed by atoms with van der Waals surface area (Å²) in [5.41, 5.74) is -2.22. The fourth-order valence-corrected chi connectivity index (χ4v) is 3.38. The molecule has 1 heterocycles. The minimum absolute atomic E-state index is 0.122. The van der Waals surface area contributed by atoms with Crippen molar-refractivity contribution in [2.24, 2.45) is 0 Å². The van der Waals surface area contributed by atoms with Crippen LogP contribution in [0.25, 0.3) is 0 Å². The van der Waals surface area contributed by atoms with Gasteiger partial charge in [-0.05, 0) is 31.3 Å². The van der Waals surface area contributed by atoms with E-state index in [1.807, 2.05) is 0 Å². The van der Waals surface area contributed by atoms with Crippen LogP contribution in [0.2, 0.25) is 5.02 Å². The molecule has 32 heavy (non-hydrogen) atoms. The summed E-state index contributed by atoms with van der Waals surface area (Å²) in [5.74, 6) is -2.35. The number of likely N-dealkylation sites (N-methyl/N-ethyl adjacent to an activating group) is 1. The maximum Gasteiger partial charge on any atom is 0.417 e. The summed E-state index contributed by atoms with van der Waals surface area (Å²) in [4.78, 5) is 49.7. The summed E-state index contributed by atoms with van der Waals surface area (Å²) in [6.45, 7) is -0.759. The normalized spacial score (nSPS) is 13.5. The number of carbonyl (C=O) groups is 3. The van der Waals surface area contributed by atoms with Crippen molar-refractivity contribution in [1.29, 1.82) is 0 Å². The molecule has 1 aliphatic rings. The topological polar surface area (TPSA) is 113 Å². The van der Waals surface area contributed by atoms with E-state index in [0.717, 1.165) is 17.0 Å². The first kappa shape index (κ1) is 23.2. The molecule has 0 fully saturated rings. The highest BCUT2D eigenvalue weighted by Gasteiger charge is 2.41. The summed E-state index contributed by atoms with van der Waals surface area (Å²) in [6, 6.07) is 6.54. The second kappa shape index (κ2) is 8.55. The lowest BCUT2D eigenvalue weighted by molar-refractivity contribution is -0.385. The van der Waals surface area contributed by atoms with Gasteiger partial charge in [0, 0.05) is 11.8 Å². The van der Waals surface area contributed by atoms with E-state index in [9.17, 15) is 37.7 Å². The molecule has 0 aliphatic carbocycles. The van der Waals surface area contributed by atoms with Crippen molar-refractivity contribution in [3.8, 4) is 0 Å². The quantitative estimate of drug-likeness (QED) is 0.393. The third-order valence-corrected chi connectivity index (χ3v) is 4.86. The lowest BCUT2D eigenvalue weighted by Crippen LogP contribution is -2.42. The molecule has 0 aromatic heterocycles. The van der Waals surface area contributed by atoms with Crippen LogP contribution in [0.5, 0.6) is 0 Å². The molecule has 13 heteroatoms. The lowest BCUT2D eigenvalue weighted by atomic mass is 10.1. The Labute approximate surface area is 183 Å². The zero-order chi connectivity index (χ0) is 23.8. The van der Waals surface area contributed by atoms with E-state index in [4.69, 9.17) is 11.6 Å². The second-order valence-electron chi connectivity index (χ2n) is 6.89. The number of halogens is 4. The number of alkyl halides is 3. The van der Waals surface area contributed by atoms with Gasteiger partial charge in [0.15, 0.2) is 0 Å². The standard InChI is InChI=1S/C19H14ClF3N4O5/c1-25(8-15(28)24-10-5-6-13(20)12(7-10)19(21,22)23)9-26-17(29)11-3-2-4-14(27(31)32)16(11)18(26)30/h2-7H,8-9H2,1H3,(H,24,28). The van der Waals surface area contributed by atoms with Crippen molar-refractivity contribution in [1.82, 2.24) is 9.80 Å². The van der Waals surface area contributed by atoms with Gasteiger partial charge in [0.05, 0.1) is 34.3 Å². The Hall–Kier alpha value is -3.51. The average molecular weight is 471 g/mol. The van der Waals surface area contributed by atoms with Crippen LogP contribution in [0.4, 0.5) is 24.5 Å². The maximum atomic E-state index is 13.0. The highest BCUT2D eigenvalue weighted by molar-refractivity contribution is 6.31. The van der Waals surface area contributed by atoms with Gasteiger partial charge in [-0.1, -0.05) is 17.7 Å². The van der Waals surface area contributed by atoms with Gasteiger partial charge in [-0.15, -0.1) is 0 Å². The number of benzene rings is 2. The Morgan fingerprint density at radius 1 is 1.22 bits per heavy atom. The Morgan fingerprint density at radius 2 is 1.91 bits per heavy atom. The fourth-order valence-electron chi connectivity index (χ4n) is 3.15. The van der Waals surface area contributed by atoms with Crippen molar-refractivity contribution >= 4 is 40.7 Å². The van der Waals surface area contributed by atoms with Crippen molar-refractivity contribution < 1.29 is 32.5 Å².